The van der Waals surface area contributed by atoms with Gasteiger partial charge in [-0.25, -0.2) is 4.39 Å². The lowest BCUT2D eigenvalue weighted by molar-refractivity contribution is 0.593. The van der Waals surface area contributed by atoms with Crippen molar-refractivity contribution in [2.75, 3.05) is 5.33 Å². The van der Waals surface area contributed by atoms with E-state index in [0.29, 0.717) is 6.04 Å². The summed E-state index contributed by atoms with van der Waals surface area (Å²) < 4.78 is 13.6. The molecule has 1 aromatic carbocycles. The van der Waals surface area contributed by atoms with Gasteiger partial charge in [0, 0.05) is 22.4 Å². The number of rotatable bonds is 4. The molecule has 0 fully saturated rings. The Hall–Kier alpha value is 0.0700. The summed E-state index contributed by atoms with van der Waals surface area (Å²) in [6, 6.07) is 5.15. The average Bonchev–Trinajstić information content (AvgIpc) is 2.16. The molecule has 0 saturated heterocycles. The SMILES string of the molecule is CC(CBr)NCc1ccc(F)cc1Br. The fraction of sp³-hybridized carbons (Fsp3) is 0.400. The van der Waals surface area contributed by atoms with Gasteiger partial charge in [-0.3, -0.25) is 0 Å². The minimum Gasteiger partial charge on any atom is -0.309 e. The summed E-state index contributed by atoms with van der Waals surface area (Å²) in [5.74, 6) is -0.214. The molecular formula is C10H12Br2FN. The lowest BCUT2D eigenvalue weighted by Crippen LogP contribution is -2.26. The van der Waals surface area contributed by atoms with E-state index in [1.165, 1.54) is 12.1 Å². The van der Waals surface area contributed by atoms with Crippen molar-refractivity contribution in [2.45, 2.75) is 19.5 Å². The average molecular weight is 325 g/mol. The molecule has 78 valence electrons. The first-order chi connectivity index (χ1) is 6.63. The Balaban J connectivity index is 2.59. The highest BCUT2D eigenvalue weighted by Gasteiger charge is 2.03. The molecular weight excluding hydrogens is 313 g/mol. The lowest BCUT2D eigenvalue weighted by Gasteiger charge is -2.11. The minimum absolute atomic E-state index is 0.214. The molecule has 0 aliphatic heterocycles. The highest BCUT2D eigenvalue weighted by atomic mass is 79.9. The predicted molar refractivity (Wildman–Crippen MR) is 64.2 cm³/mol. The van der Waals surface area contributed by atoms with Crippen LogP contribution in [0.15, 0.2) is 22.7 Å². The van der Waals surface area contributed by atoms with Gasteiger partial charge in [0.15, 0.2) is 0 Å². The summed E-state index contributed by atoms with van der Waals surface area (Å²) in [7, 11) is 0. The van der Waals surface area contributed by atoms with Gasteiger partial charge in [-0.15, -0.1) is 0 Å². The fourth-order valence-corrected chi connectivity index (χ4v) is 1.72. The topological polar surface area (TPSA) is 12.0 Å². The molecule has 0 spiro atoms. The van der Waals surface area contributed by atoms with Crippen molar-refractivity contribution < 1.29 is 4.39 Å². The molecule has 4 heteroatoms. The molecule has 1 atom stereocenters. The van der Waals surface area contributed by atoms with Crippen molar-refractivity contribution in [1.82, 2.24) is 5.32 Å². The Labute approximate surface area is 100 Å². The van der Waals surface area contributed by atoms with Crippen molar-refractivity contribution in [3.8, 4) is 0 Å². The van der Waals surface area contributed by atoms with Crippen LogP contribution in [0.4, 0.5) is 4.39 Å². The maximum atomic E-state index is 12.8. The van der Waals surface area contributed by atoms with Crippen molar-refractivity contribution >= 4 is 31.9 Å². The molecule has 0 saturated carbocycles. The Morgan fingerprint density at radius 1 is 1.50 bits per heavy atom. The largest absolute Gasteiger partial charge is 0.309 e. The van der Waals surface area contributed by atoms with Gasteiger partial charge in [-0.1, -0.05) is 37.9 Å². The molecule has 1 aromatic rings. The molecule has 1 unspecified atom stereocenters. The third kappa shape index (κ3) is 3.67. The zero-order chi connectivity index (χ0) is 10.6. The Morgan fingerprint density at radius 3 is 2.79 bits per heavy atom. The second kappa shape index (κ2) is 5.83. The number of hydrogen-bond donors (Lipinski definition) is 1. The van der Waals surface area contributed by atoms with Gasteiger partial charge in [0.2, 0.25) is 0 Å². The standard InChI is InChI=1S/C10H12Br2FN/c1-7(5-11)14-6-8-2-3-9(13)4-10(8)12/h2-4,7,14H,5-6H2,1H3. The first-order valence-corrected chi connectivity index (χ1v) is 6.28. The molecule has 0 aliphatic carbocycles. The molecule has 1 rings (SSSR count). The summed E-state index contributed by atoms with van der Waals surface area (Å²) in [5, 5.41) is 4.22. The quantitative estimate of drug-likeness (QED) is 0.836. The number of alkyl halides is 1. The van der Waals surface area contributed by atoms with E-state index in [0.717, 1.165) is 21.9 Å². The van der Waals surface area contributed by atoms with Crippen molar-refractivity contribution in [3.05, 3.63) is 34.1 Å². The van der Waals surface area contributed by atoms with Crippen LogP contribution < -0.4 is 5.32 Å². The van der Waals surface area contributed by atoms with Crippen molar-refractivity contribution in [3.63, 3.8) is 0 Å². The molecule has 1 nitrogen and oxygen atoms in total. The van der Waals surface area contributed by atoms with Crippen LogP contribution in [0.25, 0.3) is 0 Å². The molecule has 0 aliphatic rings. The first-order valence-electron chi connectivity index (χ1n) is 4.36. The number of benzene rings is 1. The van der Waals surface area contributed by atoms with E-state index in [2.05, 4.69) is 44.1 Å². The summed E-state index contributed by atoms with van der Waals surface area (Å²) in [5.41, 5.74) is 1.07. The van der Waals surface area contributed by atoms with E-state index in [-0.39, 0.29) is 5.82 Å². The van der Waals surface area contributed by atoms with Crippen LogP contribution in [0.1, 0.15) is 12.5 Å². The van der Waals surface area contributed by atoms with Gasteiger partial charge in [0.25, 0.3) is 0 Å². The summed E-state index contributed by atoms with van der Waals surface area (Å²) in [6.45, 7) is 2.83. The fourth-order valence-electron chi connectivity index (χ4n) is 1.00. The molecule has 0 heterocycles. The van der Waals surface area contributed by atoms with Gasteiger partial charge < -0.3 is 5.32 Å². The van der Waals surface area contributed by atoms with Crippen molar-refractivity contribution in [2.24, 2.45) is 0 Å². The monoisotopic (exact) mass is 323 g/mol. The predicted octanol–water partition coefficient (Wildman–Crippen LogP) is 3.46. The zero-order valence-electron chi connectivity index (χ0n) is 7.86. The third-order valence-electron chi connectivity index (χ3n) is 1.89. The molecule has 14 heavy (non-hydrogen) atoms. The van der Waals surface area contributed by atoms with Crippen LogP contribution in [0, 0.1) is 5.82 Å². The Bertz CT molecular complexity index is 304. The van der Waals surface area contributed by atoms with E-state index in [4.69, 9.17) is 0 Å². The van der Waals surface area contributed by atoms with Crippen LogP contribution in [-0.4, -0.2) is 11.4 Å². The van der Waals surface area contributed by atoms with Gasteiger partial charge in [-0.05, 0) is 24.6 Å². The van der Waals surface area contributed by atoms with E-state index < -0.39 is 0 Å². The van der Waals surface area contributed by atoms with Crippen LogP contribution in [0.3, 0.4) is 0 Å². The zero-order valence-corrected chi connectivity index (χ0v) is 11.0. The van der Waals surface area contributed by atoms with Gasteiger partial charge in [0.1, 0.15) is 5.82 Å². The van der Waals surface area contributed by atoms with Gasteiger partial charge in [0.05, 0.1) is 0 Å². The summed E-state index contributed by atoms with van der Waals surface area (Å²) in [4.78, 5) is 0. The second-order valence-corrected chi connectivity index (χ2v) is 4.67. The number of hydrogen-bond acceptors (Lipinski definition) is 1. The van der Waals surface area contributed by atoms with E-state index in [9.17, 15) is 4.39 Å². The lowest BCUT2D eigenvalue weighted by atomic mass is 10.2. The summed E-state index contributed by atoms with van der Waals surface area (Å²) >= 11 is 6.71. The van der Waals surface area contributed by atoms with Gasteiger partial charge in [-0.2, -0.15) is 0 Å². The smallest absolute Gasteiger partial charge is 0.124 e. The Morgan fingerprint density at radius 2 is 2.21 bits per heavy atom. The Kier molecular flexibility index (Phi) is 5.06. The van der Waals surface area contributed by atoms with Crippen molar-refractivity contribution in [1.29, 1.82) is 0 Å². The molecule has 0 radical (unpaired) electrons. The van der Waals surface area contributed by atoms with Gasteiger partial charge >= 0.3 is 0 Å². The van der Waals surface area contributed by atoms with Crippen LogP contribution in [0.2, 0.25) is 0 Å². The minimum atomic E-state index is -0.214. The van der Waals surface area contributed by atoms with Crippen LogP contribution in [0.5, 0.6) is 0 Å². The second-order valence-electron chi connectivity index (χ2n) is 3.17. The molecule has 0 amide bonds. The highest BCUT2D eigenvalue weighted by Crippen LogP contribution is 2.17. The van der Waals surface area contributed by atoms with Crippen LogP contribution >= 0.6 is 31.9 Å². The molecule has 0 aromatic heterocycles. The highest BCUT2D eigenvalue weighted by molar-refractivity contribution is 9.10. The first kappa shape index (κ1) is 12.1. The maximum Gasteiger partial charge on any atom is 0.124 e. The third-order valence-corrected chi connectivity index (χ3v) is 3.60. The molecule has 1 N–H and O–H groups in total. The van der Waals surface area contributed by atoms with E-state index in [1.807, 2.05) is 0 Å². The summed E-state index contributed by atoms with van der Waals surface area (Å²) in [6.07, 6.45) is 0. The normalized spacial score (nSPS) is 12.9. The van der Waals surface area contributed by atoms with E-state index in [1.54, 1.807) is 6.07 Å². The number of nitrogens with one attached hydrogen (secondary N) is 1. The molecule has 0 bridgehead atoms. The van der Waals surface area contributed by atoms with E-state index >= 15 is 0 Å². The maximum absolute atomic E-state index is 12.8. The number of halogens is 3. The van der Waals surface area contributed by atoms with Crippen LogP contribution in [-0.2, 0) is 6.54 Å².